The van der Waals surface area contributed by atoms with Crippen LogP contribution in [0.3, 0.4) is 0 Å². The lowest BCUT2D eigenvalue weighted by Gasteiger charge is -2.34. The summed E-state index contributed by atoms with van der Waals surface area (Å²) in [6, 6.07) is 14.7. The Bertz CT molecular complexity index is 2890. The van der Waals surface area contributed by atoms with Gasteiger partial charge in [0.05, 0.1) is 64.6 Å². The van der Waals surface area contributed by atoms with Crippen molar-refractivity contribution in [3.63, 3.8) is 0 Å². The molecule has 3 amide bonds. The maximum Gasteiger partial charge on any atom is 0.410 e. The Balaban J connectivity index is 0.909. The van der Waals surface area contributed by atoms with Crippen molar-refractivity contribution >= 4 is 40.3 Å². The van der Waals surface area contributed by atoms with Gasteiger partial charge in [0.1, 0.15) is 34.9 Å². The number of nitrogens with one attached hydrogen (secondary N) is 3. The van der Waals surface area contributed by atoms with Crippen LogP contribution >= 0.6 is 11.3 Å². The molecule has 1 aliphatic carbocycles. The van der Waals surface area contributed by atoms with E-state index in [1.807, 2.05) is 43.9 Å². The number of amides is 3. The lowest BCUT2D eigenvalue weighted by Crippen LogP contribution is -2.53. The number of nitrogens with zero attached hydrogens (tertiary/aromatic N) is 5. The van der Waals surface area contributed by atoms with E-state index in [2.05, 4.69) is 44.1 Å². The maximum atomic E-state index is 16.9. The van der Waals surface area contributed by atoms with E-state index in [1.165, 1.54) is 37.3 Å². The molecule has 3 N–H and O–H groups in total. The number of imidazole rings is 2. The lowest BCUT2D eigenvalue weighted by atomic mass is 9.84. The smallest absolute Gasteiger partial charge is 0.410 e. The Morgan fingerprint density at radius 1 is 0.838 bits per heavy atom. The van der Waals surface area contributed by atoms with Crippen LogP contribution in [0.5, 0.6) is 5.75 Å². The van der Waals surface area contributed by atoms with E-state index in [0.29, 0.717) is 85.0 Å². The molecule has 5 aliphatic rings. The zero-order chi connectivity index (χ0) is 46.8. The van der Waals surface area contributed by atoms with Gasteiger partial charge in [-0.1, -0.05) is 12.5 Å². The van der Waals surface area contributed by atoms with Crippen molar-refractivity contribution in [3.05, 3.63) is 88.1 Å². The van der Waals surface area contributed by atoms with Crippen molar-refractivity contribution in [1.82, 2.24) is 39.6 Å². The van der Waals surface area contributed by atoms with Crippen molar-refractivity contribution in [2.24, 2.45) is 5.92 Å². The van der Waals surface area contributed by atoms with Gasteiger partial charge in [-0.25, -0.2) is 23.9 Å². The fourth-order valence-electron chi connectivity index (χ4n) is 10.7. The monoisotopic (exact) mass is 944 g/mol. The normalized spacial score (nSPS) is 21.3. The first-order valence-electron chi connectivity index (χ1n) is 24.0. The van der Waals surface area contributed by atoms with Gasteiger partial charge >= 0.3 is 12.2 Å². The highest BCUT2D eigenvalue weighted by molar-refractivity contribution is 7.12. The van der Waals surface area contributed by atoms with Crippen molar-refractivity contribution in [1.29, 1.82) is 0 Å². The number of hydrogen-bond acceptors (Lipinski definition) is 10. The van der Waals surface area contributed by atoms with Crippen LogP contribution < -0.4 is 10.1 Å². The van der Waals surface area contributed by atoms with Crippen LogP contribution in [0, 0.1) is 11.7 Å². The Morgan fingerprint density at radius 3 is 2.22 bits per heavy atom. The molecule has 8 heterocycles. The molecular weight excluding hydrogens is 888 g/mol. The predicted molar refractivity (Wildman–Crippen MR) is 254 cm³/mol. The molecule has 17 heteroatoms. The second kappa shape index (κ2) is 17.7. The summed E-state index contributed by atoms with van der Waals surface area (Å²) >= 11 is 1.76. The summed E-state index contributed by atoms with van der Waals surface area (Å²) in [7, 11) is 1.30. The van der Waals surface area contributed by atoms with Crippen LogP contribution in [-0.2, 0) is 19.0 Å². The molecule has 4 aromatic heterocycles. The number of carbonyl (C=O) groups excluding carboxylic acids is 3. The number of rotatable bonds is 9. The standard InChI is InChI=1S/C51H57FN8O7S/c1-51(2,3)67-50(63)59-19-7-11-38(59)46-54-27-35(56-46)31-23-33(52)43-39-24-32-22-30(12-13-36(32)60(39)48(66-40(43)25-31)42-15-14-41(68-42)28-8-5-9-28)34-26-53-45(55-34)37-10-6-18-58(37)47(61)44(57-49(62)64-4)29-16-20-65-21-17-29/h12-15,22-29,37-38,44,48H,5-11,16-21H2,1-4H3,(H,53,55)(H,54,56)(H,57,62)/t37-,38-,44-,48?/m0/s1. The fraction of sp³-hybridized carbons (Fsp3) is 0.471. The molecule has 0 bridgehead atoms. The summed E-state index contributed by atoms with van der Waals surface area (Å²) in [4.78, 5) is 62.1. The summed E-state index contributed by atoms with van der Waals surface area (Å²) in [5.74, 6) is 1.66. The number of benzene rings is 2. The van der Waals surface area contributed by atoms with Gasteiger partial charge in [-0.15, -0.1) is 11.3 Å². The minimum atomic E-state index is -0.725. The molecule has 15 nitrogen and oxygen atoms in total. The molecule has 11 rings (SSSR count). The van der Waals surface area contributed by atoms with Crippen molar-refractivity contribution < 1.29 is 37.7 Å². The van der Waals surface area contributed by atoms with E-state index < -0.39 is 29.8 Å². The largest absolute Gasteiger partial charge is 0.464 e. The first kappa shape index (κ1) is 44.3. The van der Waals surface area contributed by atoms with Gasteiger partial charge in [-0.2, -0.15) is 0 Å². The van der Waals surface area contributed by atoms with Crippen LogP contribution in [0.15, 0.2) is 60.9 Å². The van der Waals surface area contributed by atoms with Crippen molar-refractivity contribution in [2.75, 3.05) is 33.4 Å². The van der Waals surface area contributed by atoms with E-state index >= 15 is 4.39 Å². The van der Waals surface area contributed by atoms with Gasteiger partial charge in [0.15, 0.2) is 0 Å². The van der Waals surface area contributed by atoms with Crippen LogP contribution in [-0.4, -0.2) is 97.5 Å². The summed E-state index contributed by atoms with van der Waals surface area (Å²) in [6.45, 7) is 7.76. The molecule has 4 aliphatic heterocycles. The van der Waals surface area contributed by atoms with Gasteiger partial charge in [0, 0.05) is 47.7 Å². The molecule has 1 unspecified atom stereocenters. The van der Waals surface area contributed by atoms with Gasteiger partial charge in [-0.3, -0.25) is 14.3 Å². The predicted octanol–water partition coefficient (Wildman–Crippen LogP) is 10.4. The Labute approximate surface area is 397 Å². The number of likely N-dealkylation sites (tertiary alicyclic amines) is 2. The van der Waals surface area contributed by atoms with Crippen LogP contribution in [0.2, 0.25) is 0 Å². The number of fused-ring (bicyclic) bond motifs is 5. The molecule has 0 spiro atoms. The molecule has 3 saturated heterocycles. The average Bonchev–Trinajstić information content (AvgIpc) is 4.17. The summed E-state index contributed by atoms with van der Waals surface area (Å²) in [5, 5.41) is 3.73. The molecule has 68 heavy (non-hydrogen) atoms. The lowest BCUT2D eigenvalue weighted by molar-refractivity contribution is -0.136. The number of aromatic nitrogens is 5. The second-order valence-corrected chi connectivity index (χ2v) is 20.9. The number of alkyl carbamates (subject to hydrolysis) is 1. The zero-order valence-electron chi connectivity index (χ0n) is 38.8. The van der Waals surface area contributed by atoms with Crippen molar-refractivity contribution in [2.45, 2.75) is 114 Å². The van der Waals surface area contributed by atoms with Gasteiger partial charge in [-0.05, 0) is 126 Å². The number of methoxy groups -OCH3 is 1. The SMILES string of the molecule is COC(=O)N[C@H](C(=O)N1CCC[C@H]1c1ncc(-c2ccc3c(c2)cc2n3C(c3ccc(C4CCC4)s3)Oc3cc(-c4cnc([C@@H]5CCCN5C(=O)OC(C)(C)C)[nH]4)cc(F)c3-2)[nH]1)C1CCOCC1. The van der Waals surface area contributed by atoms with E-state index in [0.717, 1.165) is 52.7 Å². The number of thiophene rings is 1. The third-order valence-electron chi connectivity index (χ3n) is 14.3. The first-order valence-corrected chi connectivity index (χ1v) is 24.8. The van der Waals surface area contributed by atoms with Crippen LogP contribution in [0.4, 0.5) is 14.0 Å². The highest BCUT2D eigenvalue weighted by atomic mass is 32.1. The zero-order valence-corrected chi connectivity index (χ0v) is 39.6. The minimum absolute atomic E-state index is 0.0629. The summed E-state index contributed by atoms with van der Waals surface area (Å²) in [6.07, 6.45) is 9.98. The molecular formula is C51H57FN8O7S. The van der Waals surface area contributed by atoms with E-state index in [-0.39, 0.29) is 30.0 Å². The summed E-state index contributed by atoms with van der Waals surface area (Å²) in [5.41, 5.74) is 4.25. The van der Waals surface area contributed by atoms with Crippen LogP contribution in [0.25, 0.3) is 44.7 Å². The highest BCUT2D eigenvalue weighted by Gasteiger charge is 2.41. The Kier molecular flexibility index (Phi) is 11.5. The van der Waals surface area contributed by atoms with Gasteiger partial charge < -0.3 is 39.1 Å². The van der Waals surface area contributed by atoms with E-state index in [9.17, 15) is 14.4 Å². The minimum Gasteiger partial charge on any atom is -0.464 e. The van der Waals surface area contributed by atoms with E-state index in [4.69, 9.17) is 28.9 Å². The maximum absolute atomic E-state index is 16.9. The Hall–Kier alpha value is -6.20. The molecule has 356 valence electrons. The number of H-pyrrole nitrogens is 2. The summed E-state index contributed by atoms with van der Waals surface area (Å²) < 4.78 is 42.1. The third kappa shape index (κ3) is 8.20. The molecule has 0 radical (unpaired) electrons. The number of hydrogen-bond donors (Lipinski definition) is 3. The topological polar surface area (TPSA) is 169 Å². The third-order valence-corrected chi connectivity index (χ3v) is 15.6. The quantitative estimate of drug-likeness (QED) is 0.128. The van der Waals surface area contributed by atoms with Gasteiger partial charge in [0.25, 0.3) is 0 Å². The highest BCUT2D eigenvalue weighted by Crippen LogP contribution is 2.50. The molecule has 6 aromatic rings. The first-order chi connectivity index (χ1) is 32.9. The average molecular weight is 945 g/mol. The number of halogens is 1. The molecule has 1 saturated carbocycles. The number of ether oxygens (including phenoxy) is 4. The molecule has 4 atom stereocenters. The van der Waals surface area contributed by atoms with Crippen LogP contribution in [0.1, 0.15) is 124 Å². The van der Waals surface area contributed by atoms with Crippen molar-refractivity contribution in [3.8, 4) is 39.5 Å². The Morgan fingerprint density at radius 2 is 1.53 bits per heavy atom. The van der Waals surface area contributed by atoms with E-state index in [1.54, 1.807) is 28.6 Å². The fourth-order valence-corrected chi connectivity index (χ4v) is 11.9. The van der Waals surface area contributed by atoms with Gasteiger partial charge in [0.2, 0.25) is 12.1 Å². The number of carbonyl (C=O) groups is 3. The number of aromatic amines is 2. The molecule has 2 aromatic carbocycles. The second-order valence-electron chi connectivity index (χ2n) is 19.8. The molecule has 4 fully saturated rings.